The van der Waals surface area contributed by atoms with E-state index in [9.17, 15) is 4.79 Å². The van der Waals surface area contributed by atoms with E-state index in [-0.39, 0.29) is 29.8 Å². The van der Waals surface area contributed by atoms with Crippen LogP contribution in [0.2, 0.25) is 0 Å². The highest BCUT2D eigenvalue weighted by molar-refractivity contribution is 5.73. The number of amides is 1. The fourth-order valence-corrected chi connectivity index (χ4v) is 4.94. The Morgan fingerprint density at radius 3 is 2.52 bits per heavy atom. The van der Waals surface area contributed by atoms with Crippen LogP contribution in [0.5, 0.6) is 5.75 Å². The number of aliphatic imine (C=N–C) groups is 1. The molecule has 2 aliphatic carbocycles. The summed E-state index contributed by atoms with van der Waals surface area (Å²) in [6, 6.07) is 7.85. The van der Waals surface area contributed by atoms with Gasteiger partial charge in [-0.05, 0) is 61.8 Å². The van der Waals surface area contributed by atoms with Crippen LogP contribution >= 0.6 is 0 Å². The highest BCUT2D eigenvalue weighted by atomic mass is 19.1. The minimum absolute atomic E-state index is 0.0339. The number of benzene rings is 1. The Labute approximate surface area is 196 Å². The normalized spacial score (nSPS) is 23.1. The molecule has 1 aromatic rings. The Hall–Kier alpha value is -2.69. The van der Waals surface area contributed by atoms with E-state index < -0.39 is 0 Å². The van der Waals surface area contributed by atoms with Crippen molar-refractivity contribution in [2.45, 2.75) is 77.9 Å². The predicted octanol–water partition coefficient (Wildman–Crippen LogP) is 6.76. The Kier molecular flexibility index (Phi) is 7.46. The summed E-state index contributed by atoms with van der Waals surface area (Å²) in [5.74, 6) is 1.39. The molecule has 0 bridgehead atoms. The van der Waals surface area contributed by atoms with Crippen molar-refractivity contribution in [1.82, 2.24) is 5.32 Å². The summed E-state index contributed by atoms with van der Waals surface area (Å²) in [5, 5.41) is 2.89. The zero-order valence-corrected chi connectivity index (χ0v) is 19.9. The van der Waals surface area contributed by atoms with Crippen molar-refractivity contribution in [3.8, 4) is 5.75 Å². The maximum absolute atomic E-state index is 15.6. The maximum Gasteiger partial charge on any atom is 0.217 e. The first-order valence-electron chi connectivity index (χ1n) is 12.3. The molecule has 5 heteroatoms. The molecule has 1 saturated carbocycles. The van der Waals surface area contributed by atoms with Gasteiger partial charge < -0.3 is 10.1 Å². The smallest absolute Gasteiger partial charge is 0.217 e. The molecule has 1 amide bonds. The number of carbonyl (C=O) groups excluding carboxylic acids is 1. The summed E-state index contributed by atoms with van der Waals surface area (Å²) in [6.45, 7) is 5.61. The summed E-state index contributed by atoms with van der Waals surface area (Å²) in [7, 11) is 0. The molecule has 1 heterocycles. The molecule has 0 aromatic heterocycles. The number of carbonyl (C=O) groups is 1. The van der Waals surface area contributed by atoms with Crippen LogP contribution in [0.25, 0.3) is 0 Å². The molecule has 1 aliphatic heterocycles. The van der Waals surface area contributed by atoms with Crippen LogP contribution in [0.15, 0.2) is 64.1 Å². The number of nitrogens with zero attached hydrogens (tertiary/aromatic N) is 1. The molecule has 3 atom stereocenters. The SMILES string of the molecule is CC(=O)NC(C)c1ccc(OC2CC=C(C3=CCC=NC(C(C)C4CCC4)=C3F)CC2)cc1. The van der Waals surface area contributed by atoms with Crippen molar-refractivity contribution < 1.29 is 13.9 Å². The van der Waals surface area contributed by atoms with E-state index in [4.69, 9.17) is 4.74 Å². The molecule has 33 heavy (non-hydrogen) atoms. The third kappa shape index (κ3) is 5.63. The van der Waals surface area contributed by atoms with Gasteiger partial charge in [0.25, 0.3) is 0 Å². The predicted molar refractivity (Wildman–Crippen MR) is 131 cm³/mol. The van der Waals surface area contributed by atoms with Gasteiger partial charge in [0, 0.05) is 37.5 Å². The van der Waals surface area contributed by atoms with E-state index >= 15 is 4.39 Å². The third-order valence-electron chi connectivity index (χ3n) is 7.22. The molecule has 3 aliphatic rings. The van der Waals surface area contributed by atoms with Crippen molar-refractivity contribution in [2.75, 3.05) is 0 Å². The average Bonchev–Trinajstić information content (AvgIpc) is 2.94. The van der Waals surface area contributed by atoms with Gasteiger partial charge in [-0.2, -0.15) is 0 Å². The van der Waals surface area contributed by atoms with Gasteiger partial charge in [0.15, 0.2) is 5.83 Å². The largest absolute Gasteiger partial charge is 0.490 e. The van der Waals surface area contributed by atoms with Gasteiger partial charge in [-0.25, -0.2) is 4.39 Å². The second-order valence-electron chi connectivity index (χ2n) is 9.58. The number of nitrogens with one attached hydrogen (secondary N) is 1. The second kappa shape index (κ2) is 10.5. The Morgan fingerprint density at radius 1 is 1.15 bits per heavy atom. The second-order valence-corrected chi connectivity index (χ2v) is 9.58. The lowest BCUT2D eigenvalue weighted by Crippen LogP contribution is -2.23. The van der Waals surface area contributed by atoms with Gasteiger partial charge in [-0.15, -0.1) is 0 Å². The molecule has 1 fully saturated rings. The Morgan fingerprint density at radius 2 is 1.91 bits per heavy atom. The monoisotopic (exact) mass is 450 g/mol. The van der Waals surface area contributed by atoms with Gasteiger partial charge in [-0.3, -0.25) is 9.79 Å². The molecule has 4 rings (SSSR count). The minimum atomic E-state index is -0.127. The van der Waals surface area contributed by atoms with E-state index in [0.29, 0.717) is 18.0 Å². The van der Waals surface area contributed by atoms with Crippen molar-refractivity contribution in [3.05, 3.63) is 64.7 Å². The quantitative estimate of drug-likeness (QED) is 0.499. The van der Waals surface area contributed by atoms with E-state index in [0.717, 1.165) is 41.7 Å². The van der Waals surface area contributed by atoms with Gasteiger partial charge in [-0.1, -0.05) is 37.6 Å². The van der Waals surface area contributed by atoms with Crippen molar-refractivity contribution in [1.29, 1.82) is 0 Å². The van der Waals surface area contributed by atoms with E-state index in [1.54, 1.807) is 0 Å². The molecule has 0 radical (unpaired) electrons. The zero-order chi connectivity index (χ0) is 23.4. The lowest BCUT2D eigenvalue weighted by Gasteiger charge is -2.32. The van der Waals surface area contributed by atoms with Crippen LogP contribution in [-0.4, -0.2) is 18.2 Å². The molecule has 0 spiro atoms. The van der Waals surface area contributed by atoms with Gasteiger partial charge in [0.1, 0.15) is 11.9 Å². The summed E-state index contributed by atoms with van der Waals surface area (Å²) in [6.07, 6.45) is 12.8. The lowest BCUT2D eigenvalue weighted by atomic mass is 9.75. The van der Waals surface area contributed by atoms with Crippen molar-refractivity contribution in [3.63, 3.8) is 0 Å². The molecule has 0 saturated heterocycles. The Balaban J connectivity index is 1.39. The molecular weight excluding hydrogens is 415 g/mol. The molecule has 176 valence electrons. The average molecular weight is 451 g/mol. The first-order valence-corrected chi connectivity index (χ1v) is 12.3. The number of hydrogen-bond acceptors (Lipinski definition) is 3. The Bertz CT molecular complexity index is 986. The topological polar surface area (TPSA) is 50.7 Å². The van der Waals surface area contributed by atoms with Crippen LogP contribution in [0.3, 0.4) is 0 Å². The van der Waals surface area contributed by atoms with Crippen LogP contribution in [0, 0.1) is 11.8 Å². The van der Waals surface area contributed by atoms with E-state index in [1.165, 1.54) is 26.2 Å². The van der Waals surface area contributed by atoms with Gasteiger partial charge >= 0.3 is 0 Å². The molecule has 4 nitrogen and oxygen atoms in total. The van der Waals surface area contributed by atoms with Crippen molar-refractivity contribution >= 4 is 12.1 Å². The van der Waals surface area contributed by atoms with Gasteiger partial charge in [0.2, 0.25) is 5.91 Å². The van der Waals surface area contributed by atoms with Crippen LogP contribution in [-0.2, 0) is 4.79 Å². The summed E-state index contributed by atoms with van der Waals surface area (Å²) < 4.78 is 21.7. The van der Waals surface area contributed by atoms with Crippen molar-refractivity contribution in [2.24, 2.45) is 16.8 Å². The summed E-state index contributed by atoms with van der Waals surface area (Å²) in [5.41, 5.74) is 3.50. The first kappa shape index (κ1) is 23.5. The fraction of sp³-hybridized carbons (Fsp3) is 0.500. The van der Waals surface area contributed by atoms with Crippen LogP contribution < -0.4 is 10.1 Å². The molecule has 1 N–H and O–H groups in total. The highest BCUT2D eigenvalue weighted by Gasteiger charge is 2.30. The number of rotatable bonds is 7. The van der Waals surface area contributed by atoms with Crippen LogP contribution in [0.1, 0.15) is 77.3 Å². The zero-order valence-electron chi connectivity index (χ0n) is 19.9. The molecule has 1 aromatic carbocycles. The molecule has 3 unspecified atom stereocenters. The number of allylic oxidation sites excluding steroid dienone is 5. The third-order valence-corrected chi connectivity index (χ3v) is 7.22. The first-order chi connectivity index (χ1) is 15.9. The molecular formula is C28H35FN2O2. The minimum Gasteiger partial charge on any atom is -0.490 e. The summed E-state index contributed by atoms with van der Waals surface area (Å²) >= 11 is 0. The maximum atomic E-state index is 15.6. The summed E-state index contributed by atoms with van der Waals surface area (Å²) in [4.78, 5) is 15.8. The standard InChI is InChI=1S/C28H35FN2O2/c1-18(21-6-4-7-21)28-27(29)26(8-5-17-30-28)23-11-15-25(16-12-23)33-24-13-9-22(10-14-24)19(2)31-20(3)32/h8-11,13-14,17-19,21,25H,4-7,12,15-16H2,1-3H3,(H,31,32). The van der Waals surface area contributed by atoms with E-state index in [2.05, 4.69) is 23.3 Å². The van der Waals surface area contributed by atoms with Crippen LogP contribution in [0.4, 0.5) is 4.39 Å². The van der Waals surface area contributed by atoms with E-state index in [1.807, 2.05) is 43.5 Å². The number of ether oxygens (including phenoxy) is 1. The number of hydrogen-bond donors (Lipinski definition) is 1. The number of halogens is 1. The fourth-order valence-electron chi connectivity index (χ4n) is 4.94. The van der Waals surface area contributed by atoms with Gasteiger partial charge in [0.05, 0.1) is 11.7 Å². The highest BCUT2D eigenvalue weighted by Crippen LogP contribution is 2.42. The lowest BCUT2D eigenvalue weighted by molar-refractivity contribution is -0.119.